The molecule has 3 aromatic rings. The molecule has 5 rings (SSSR count). The van der Waals surface area contributed by atoms with E-state index in [1.807, 2.05) is 46.2 Å². The van der Waals surface area contributed by atoms with Crippen LogP contribution >= 0.6 is 0 Å². The van der Waals surface area contributed by atoms with Crippen LogP contribution in [0.15, 0.2) is 65.3 Å². The molecule has 2 amide bonds. The molecule has 2 aromatic carbocycles. The van der Waals surface area contributed by atoms with Gasteiger partial charge in [-0.2, -0.15) is 0 Å². The van der Waals surface area contributed by atoms with Crippen LogP contribution in [0.2, 0.25) is 0 Å². The number of rotatable bonds is 4. The van der Waals surface area contributed by atoms with Crippen molar-refractivity contribution in [2.75, 3.05) is 39.4 Å². The van der Waals surface area contributed by atoms with Crippen molar-refractivity contribution in [3.8, 4) is 0 Å². The second-order valence-electron chi connectivity index (χ2n) is 9.91. The molecule has 0 aliphatic carbocycles. The van der Waals surface area contributed by atoms with Crippen LogP contribution in [0.1, 0.15) is 35.7 Å². The molecule has 1 atom stereocenters. The van der Waals surface area contributed by atoms with Crippen LogP contribution in [-0.2, 0) is 16.0 Å². The van der Waals surface area contributed by atoms with Gasteiger partial charge in [0.1, 0.15) is 5.58 Å². The average Bonchev–Trinajstić information content (AvgIpc) is 3.21. The predicted octanol–water partition coefficient (Wildman–Crippen LogP) is 4.39. The largest absolute Gasteiger partial charge is 0.464 e. The van der Waals surface area contributed by atoms with Gasteiger partial charge in [0.05, 0.1) is 19.5 Å². The highest BCUT2D eigenvalue weighted by atomic mass is 16.5. The summed E-state index contributed by atoms with van der Waals surface area (Å²) in [7, 11) is 0. The SMILES string of the molecule is CC1(C(=O)N2CCOCC(Cc3ccc4ccoc4c3)C2)CCN(C(=O)c2ccccc2)CC1. The molecule has 6 heteroatoms. The number of amides is 2. The van der Waals surface area contributed by atoms with Gasteiger partial charge in [-0.25, -0.2) is 0 Å². The molecular weight excluding hydrogens is 428 g/mol. The first-order valence-electron chi connectivity index (χ1n) is 12.2. The first-order valence-corrected chi connectivity index (χ1v) is 12.2. The number of piperidine rings is 1. The number of ether oxygens (including phenoxy) is 1. The van der Waals surface area contributed by atoms with Crippen molar-refractivity contribution in [1.29, 1.82) is 0 Å². The molecule has 34 heavy (non-hydrogen) atoms. The maximum absolute atomic E-state index is 13.7. The minimum Gasteiger partial charge on any atom is -0.464 e. The Hall–Kier alpha value is -3.12. The number of hydrogen-bond acceptors (Lipinski definition) is 4. The quantitative estimate of drug-likeness (QED) is 0.579. The van der Waals surface area contributed by atoms with Crippen LogP contribution in [0.4, 0.5) is 0 Å². The van der Waals surface area contributed by atoms with Gasteiger partial charge in [-0.1, -0.05) is 37.3 Å². The van der Waals surface area contributed by atoms with Crippen LogP contribution in [0.25, 0.3) is 11.0 Å². The first-order chi connectivity index (χ1) is 16.5. The minimum absolute atomic E-state index is 0.0480. The van der Waals surface area contributed by atoms with Gasteiger partial charge in [-0.3, -0.25) is 9.59 Å². The van der Waals surface area contributed by atoms with Gasteiger partial charge in [0.2, 0.25) is 5.91 Å². The maximum Gasteiger partial charge on any atom is 0.253 e. The highest BCUT2D eigenvalue weighted by Crippen LogP contribution is 2.34. The standard InChI is InChI=1S/C28H32N2O4/c1-28(10-12-29(13-11-28)26(31)24-5-3-2-4-6-24)27(32)30-14-16-33-20-22(19-30)17-21-7-8-23-9-15-34-25(23)18-21/h2-9,15,18,22H,10-14,16-17,19-20H2,1H3. The Morgan fingerprint density at radius 1 is 1.00 bits per heavy atom. The van der Waals surface area contributed by atoms with Gasteiger partial charge in [0.15, 0.2) is 0 Å². The zero-order valence-electron chi connectivity index (χ0n) is 19.7. The fraction of sp³-hybridized carbons (Fsp3) is 0.429. The number of carbonyl (C=O) groups excluding carboxylic acids is 2. The summed E-state index contributed by atoms with van der Waals surface area (Å²) in [4.78, 5) is 30.4. The highest BCUT2D eigenvalue weighted by molar-refractivity contribution is 5.94. The maximum atomic E-state index is 13.7. The number of carbonyl (C=O) groups is 2. The zero-order valence-corrected chi connectivity index (χ0v) is 19.7. The van der Waals surface area contributed by atoms with Gasteiger partial charge in [-0.05, 0) is 49.1 Å². The van der Waals surface area contributed by atoms with E-state index in [0.717, 1.165) is 17.4 Å². The van der Waals surface area contributed by atoms with Crippen molar-refractivity contribution in [2.45, 2.75) is 26.2 Å². The number of benzene rings is 2. The third-order valence-electron chi connectivity index (χ3n) is 7.36. The van der Waals surface area contributed by atoms with Crippen LogP contribution in [0, 0.1) is 11.3 Å². The summed E-state index contributed by atoms with van der Waals surface area (Å²) in [5.74, 6) is 0.477. The van der Waals surface area contributed by atoms with Gasteiger partial charge in [0.25, 0.3) is 5.91 Å². The molecule has 2 aliphatic heterocycles. The van der Waals surface area contributed by atoms with E-state index < -0.39 is 5.41 Å². The molecule has 2 fully saturated rings. The van der Waals surface area contributed by atoms with E-state index >= 15 is 0 Å². The van der Waals surface area contributed by atoms with Crippen LogP contribution in [-0.4, -0.2) is 61.0 Å². The summed E-state index contributed by atoms with van der Waals surface area (Å²) in [6.45, 7) is 5.79. The lowest BCUT2D eigenvalue weighted by Gasteiger charge is -2.41. The second-order valence-corrected chi connectivity index (χ2v) is 9.91. The van der Waals surface area contributed by atoms with E-state index in [1.165, 1.54) is 5.56 Å². The highest BCUT2D eigenvalue weighted by Gasteiger charge is 2.41. The van der Waals surface area contributed by atoms with E-state index in [2.05, 4.69) is 25.1 Å². The Labute approximate surface area is 200 Å². The average molecular weight is 461 g/mol. The van der Waals surface area contributed by atoms with E-state index in [9.17, 15) is 9.59 Å². The third kappa shape index (κ3) is 4.73. The summed E-state index contributed by atoms with van der Waals surface area (Å²) < 4.78 is 11.4. The molecule has 0 saturated carbocycles. The van der Waals surface area contributed by atoms with Crippen molar-refractivity contribution in [2.24, 2.45) is 11.3 Å². The summed E-state index contributed by atoms with van der Waals surface area (Å²) in [6, 6.07) is 17.7. The molecule has 0 spiro atoms. The van der Waals surface area contributed by atoms with Crippen molar-refractivity contribution in [3.63, 3.8) is 0 Å². The molecule has 1 unspecified atom stereocenters. The summed E-state index contributed by atoms with van der Waals surface area (Å²) >= 11 is 0. The van der Waals surface area contributed by atoms with E-state index in [-0.39, 0.29) is 17.7 Å². The molecule has 0 radical (unpaired) electrons. The summed E-state index contributed by atoms with van der Waals surface area (Å²) in [5.41, 5.74) is 2.35. The van der Waals surface area contributed by atoms with Crippen molar-refractivity contribution < 1.29 is 18.7 Å². The molecule has 2 saturated heterocycles. The minimum atomic E-state index is -0.449. The summed E-state index contributed by atoms with van der Waals surface area (Å²) in [5, 5.41) is 1.10. The van der Waals surface area contributed by atoms with Crippen LogP contribution in [0.3, 0.4) is 0 Å². The lowest BCUT2D eigenvalue weighted by Crippen LogP contribution is -2.51. The molecule has 178 valence electrons. The normalized spacial score (nSPS) is 20.8. The third-order valence-corrected chi connectivity index (χ3v) is 7.36. The molecule has 3 heterocycles. The number of fused-ring (bicyclic) bond motifs is 1. The van der Waals surface area contributed by atoms with E-state index in [1.54, 1.807) is 6.26 Å². The smallest absolute Gasteiger partial charge is 0.253 e. The summed E-state index contributed by atoms with van der Waals surface area (Å²) in [6.07, 6.45) is 3.92. The number of hydrogen-bond donors (Lipinski definition) is 0. The Balaban J connectivity index is 1.22. The lowest BCUT2D eigenvalue weighted by molar-refractivity contribution is -0.144. The predicted molar refractivity (Wildman–Crippen MR) is 130 cm³/mol. The number of furan rings is 1. The topological polar surface area (TPSA) is 63.0 Å². The molecule has 1 aromatic heterocycles. The van der Waals surface area contributed by atoms with Gasteiger partial charge in [-0.15, -0.1) is 0 Å². The zero-order chi connectivity index (χ0) is 23.5. The fourth-order valence-electron chi connectivity index (χ4n) is 5.21. The fourth-order valence-corrected chi connectivity index (χ4v) is 5.21. The van der Waals surface area contributed by atoms with Gasteiger partial charge in [0, 0.05) is 48.5 Å². The van der Waals surface area contributed by atoms with Crippen molar-refractivity contribution in [1.82, 2.24) is 9.80 Å². The monoisotopic (exact) mass is 460 g/mol. The molecule has 0 bridgehead atoms. The Morgan fingerprint density at radius 2 is 1.79 bits per heavy atom. The molecule has 2 aliphatic rings. The lowest BCUT2D eigenvalue weighted by atomic mass is 9.78. The number of nitrogens with zero attached hydrogens (tertiary/aromatic N) is 2. The van der Waals surface area contributed by atoms with Gasteiger partial charge < -0.3 is 19.0 Å². The van der Waals surface area contributed by atoms with E-state index in [4.69, 9.17) is 9.15 Å². The number of likely N-dealkylation sites (tertiary alicyclic amines) is 1. The van der Waals surface area contributed by atoms with E-state index in [0.29, 0.717) is 57.8 Å². The van der Waals surface area contributed by atoms with Crippen LogP contribution in [0.5, 0.6) is 0 Å². The Kier molecular flexibility index (Phi) is 6.42. The second kappa shape index (κ2) is 9.63. The van der Waals surface area contributed by atoms with Crippen molar-refractivity contribution >= 4 is 22.8 Å². The van der Waals surface area contributed by atoms with Crippen molar-refractivity contribution in [3.05, 3.63) is 72.0 Å². The molecule has 0 N–H and O–H groups in total. The Bertz CT molecular complexity index is 1150. The molecular formula is C28H32N2O4. The van der Waals surface area contributed by atoms with Crippen LogP contribution < -0.4 is 0 Å². The molecule has 6 nitrogen and oxygen atoms in total. The van der Waals surface area contributed by atoms with Gasteiger partial charge >= 0.3 is 0 Å². The Morgan fingerprint density at radius 3 is 2.59 bits per heavy atom. The first kappa shape index (κ1) is 22.7.